The number of nitrogens with one attached hydrogen (secondary N) is 1. The highest BCUT2D eigenvalue weighted by atomic mass is 35.5. The third kappa shape index (κ3) is 5.34. The second-order valence-electron chi connectivity index (χ2n) is 6.83. The average Bonchev–Trinajstić information content (AvgIpc) is 3.23. The van der Waals surface area contributed by atoms with Gasteiger partial charge in [0.05, 0.1) is 10.8 Å². The molecule has 0 atom stereocenters. The predicted octanol–water partition coefficient (Wildman–Crippen LogP) is 5.04. The summed E-state index contributed by atoms with van der Waals surface area (Å²) in [4.78, 5) is 12.4. The van der Waals surface area contributed by atoms with Gasteiger partial charge in [-0.1, -0.05) is 84.0 Å². The number of aromatic nitrogens is 3. The molecule has 1 amide bonds. The molecule has 0 unspecified atom stereocenters. The largest absolute Gasteiger partial charge is 0.355 e. The third-order valence-electron chi connectivity index (χ3n) is 4.67. The van der Waals surface area contributed by atoms with Crippen LogP contribution in [0.15, 0.2) is 90.1 Å². The number of carbonyl (C=O) groups is 1. The van der Waals surface area contributed by atoms with Crippen LogP contribution in [0.2, 0.25) is 5.02 Å². The highest BCUT2D eigenvalue weighted by molar-refractivity contribution is 7.99. The molecule has 0 aliphatic heterocycles. The highest BCUT2D eigenvalue weighted by Gasteiger charge is 2.18. The third-order valence-corrected chi connectivity index (χ3v) is 5.93. The summed E-state index contributed by atoms with van der Waals surface area (Å²) in [5.74, 6) is 0.856. The van der Waals surface area contributed by atoms with E-state index in [1.807, 2.05) is 77.4 Å². The Kier molecular flexibility index (Phi) is 7.02. The van der Waals surface area contributed by atoms with E-state index in [1.54, 1.807) is 0 Å². The molecule has 0 fully saturated rings. The first-order chi connectivity index (χ1) is 15.2. The van der Waals surface area contributed by atoms with Crippen molar-refractivity contribution in [2.24, 2.45) is 0 Å². The normalized spacial score (nSPS) is 10.7. The van der Waals surface area contributed by atoms with E-state index in [1.165, 1.54) is 17.3 Å². The van der Waals surface area contributed by atoms with Gasteiger partial charge in [-0.15, -0.1) is 10.2 Å². The molecule has 0 aliphatic rings. The topological polar surface area (TPSA) is 59.8 Å². The maximum atomic E-state index is 12.4. The molecule has 5 nitrogen and oxygen atoms in total. The van der Waals surface area contributed by atoms with Gasteiger partial charge in [0.1, 0.15) is 0 Å². The lowest BCUT2D eigenvalue weighted by Crippen LogP contribution is -2.27. The van der Waals surface area contributed by atoms with Crippen molar-refractivity contribution in [3.8, 4) is 17.1 Å². The van der Waals surface area contributed by atoms with E-state index in [0.717, 1.165) is 17.7 Å². The Morgan fingerprint density at radius 3 is 2.32 bits per heavy atom. The van der Waals surface area contributed by atoms with E-state index in [0.29, 0.717) is 22.5 Å². The first kappa shape index (κ1) is 21.2. The van der Waals surface area contributed by atoms with Crippen LogP contribution in [0.3, 0.4) is 0 Å². The van der Waals surface area contributed by atoms with Crippen molar-refractivity contribution in [3.05, 3.63) is 95.5 Å². The standard InChI is InChI=1S/C24H21ClN4OS/c25-21-14-8-7-13-20(21)23-27-28-24(29(23)19-11-5-2-6-12-19)31-17-22(30)26-16-15-18-9-3-1-4-10-18/h1-14H,15-17H2,(H,26,30). The number of benzene rings is 3. The smallest absolute Gasteiger partial charge is 0.230 e. The summed E-state index contributed by atoms with van der Waals surface area (Å²) in [5, 5.41) is 12.9. The minimum atomic E-state index is -0.0390. The molecule has 7 heteroatoms. The highest BCUT2D eigenvalue weighted by Crippen LogP contribution is 2.31. The van der Waals surface area contributed by atoms with Gasteiger partial charge in [-0.2, -0.15) is 0 Å². The molecule has 1 aromatic heterocycles. The second kappa shape index (κ2) is 10.3. The Balaban J connectivity index is 1.48. The molecule has 0 spiro atoms. The molecule has 0 radical (unpaired) electrons. The van der Waals surface area contributed by atoms with Gasteiger partial charge < -0.3 is 5.32 Å². The Bertz CT molecular complexity index is 1150. The fourth-order valence-corrected chi connectivity index (χ4v) is 4.16. The van der Waals surface area contributed by atoms with E-state index < -0.39 is 0 Å². The van der Waals surface area contributed by atoms with Crippen molar-refractivity contribution < 1.29 is 4.79 Å². The van der Waals surface area contributed by atoms with Gasteiger partial charge in [-0.05, 0) is 36.2 Å². The van der Waals surface area contributed by atoms with Gasteiger partial charge >= 0.3 is 0 Å². The fraction of sp³-hybridized carbons (Fsp3) is 0.125. The number of hydrogen-bond donors (Lipinski definition) is 1. The number of nitrogens with zero attached hydrogens (tertiary/aromatic N) is 3. The molecule has 4 aromatic rings. The summed E-state index contributed by atoms with van der Waals surface area (Å²) >= 11 is 7.76. The summed E-state index contributed by atoms with van der Waals surface area (Å²) in [7, 11) is 0. The molecule has 3 aromatic carbocycles. The van der Waals surface area contributed by atoms with Crippen molar-refractivity contribution in [1.82, 2.24) is 20.1 Å². The predicted molar refractivity (Wildman–Crippen MR) is 126 cm³/mol. The van der Waals surface area contributed by atoms with Crippen LogP contribution in [0.1, 0.15) is 5.56 Å². The number of rotatable bonds is 8. The van der Waals surface area contributed by atoms with Gasteiger partial charge in [0, 0.05) is 17.8 Å². The molecule has 0 bridgehead atoms. The van der Waals surface area contributed by atoms with Crippen molar-refractivity contribution >= 4 is 29.3 Å². The van der Waals surface area contributed by atoms with Crippen LogP contribution in [-0.4, -0.2) is 33.0 Å². The molecule has 1 N–H and O–H groups in total. The van der Waals surface area contributed by atoms with Gasteiger partial charge in [0.25, 0.3) is 0 Å². The number of para-hydroxylation sites is 1. The van der Waals surface area contributed by atoms with Crippen molar-refractivity contribution in [1.29, 1.82) is 0 Å². The van der Waals surface area contributed by atoms with E-state index >= 15 is 0 Å². The zero-order valence-corrected chi connectivity index (χ0v) is 18.3. The Hall–Kier alpha value is -3.09. The van der Waals surface area contributed by atoms with E-state index in [-0.39, 0.29) is 11.7 Å². The minimum absolute atomic E-state index is 0.0390. The zero-order chi connectivity index (χ0) is 21.5. The van der Waals surface area contributed by atoms with Crippen LogP contribution in [0.5, 0.6) is 0 Å². The van der Waals surface area contributed by atoms with Crippen LogP contribution in [0.4, 0.5) is 0 Å². The maximum Gasteiger partial charge on any atom is 0.230 e. The molecular formula is C24H21ClN4OS. The SMILES string of the molecule is O=C(CSc1nnc(-c2ccccc2Cl)n1-c1ccccc1)NCCc1ccccc1. The molecule has 1 heterocycles. The van der Waals surface area contributed by atoms with Crippen LogP contribution in [0.25, 0.3) is 17.1 Å². The first-order valence-electron chi connectivity index (χ1n) is 9.91. The Labute approximate surface area is 190 Å². The number of amides is 1. The Morgan fingerprint density at radius 2 is 1.58 bits per heavy atom. The van der Waals surface area contributed by atoms with Crippen LogP contribution in [-0.2, 0) is 11.2 Å². The minimum Gasteiger partial charge on any atom is -0.355 e. The second-order valence-corrected chi connectivity index (χ2v) is 8.18. The number of thioether (sulfide) groups is 1. The van der Waals surface area contributed by atoms with Gasteiger partial charge in [-0.25, -0.2) is 0 Å². The summed E-state index contributed by atoms with van der Waals surface area (Å²) in [6.45, 7) is 0.597. The molecule has 0 saturated heterocycles. The van der Waals surface area contributed by atoms with Gasteiger partial charge in [0.15, 0.2) is 11.0 Å². The quantitative estimate of drug-likeness (QED) is 0.384. The fourth-order valence-electron chi connectivity index (χ4n) is 3.16. The monoisotopic (exact) mass is 448 g/mol. The van der Waals surface area contributed by atoms with Crippen LogP contribution in [0, 0.1) is 0 Å². The summed E-state index contributed by atoms with van der Waals surface area (Å²) in [6, 6.07) is 27.5. The summed E-state index contributed by atoms with van der Waals surface area (Å²) in [5.41, 5.74) is 2.90. The molecule has 4 rings (SSSR count). The van der Waals surface area contributed by atoms with E-state index in [2.05, 4.69) is 27.6 Å². The van der Waals surface area contributed by atoms with Crippen molar-refractivity contribution in [3.63, 3.8) is 0 Å². The summed E-state index contributed by atoms with van der Waals surface area (Å²) < 4.78 is 1.93. The molecule has 31 heavy (non-hydrogen) atoms. The zero-order valence-electron chi connectivity index (χ0n) is 16.7. The first-order valence-corrected chi connectivity index (χ1v) is 11.3. The molecule has 156 valence electrons. The number of hydrogen-bond acceptors (Lipinski definition) is 4. The maximum absolute atomic E-state index is 12.4. The van der Waals surface area contributed by atoms with Crippen LogP contribution < -0.4 is 5.32 Å². The van der Waals surface area contributed by atoms with Gasteiger partial charge in [0.2, 0.25) is 5.91 Å². The van der Waals surface area contributed by atoms with E-state index in [4.69, 9.17) is 11.6 Å². The number of halogens is 1. The average molecular weight is 449 g/mol. The number of carbonyl (C=O) groups excluding carboxylic acids is 1. The lowest BCUT2D eigenvalue weighted by Gasteiger charge is -2.11. The molecule has 0 aliphatic carbocycles. The van der Waals surface area contributed by atoms with Crippen molar-refractivity contribution in [2.45, 2.75) is 11.6 Å². The van der Waals surface area contributed by atoms with Crippen molar-refractivity contribution in [2.75, 3.05) is 12.3 Å². The summed E-state index contributed by atoms with van der Waals surface area (Å²) in [6.07, 6.45) is 0.800. The van der Waals surface area contributed by atoms with Crippen LogP contribution >= 0.6 is 23.4 Å². The Morgan fingerprint density at radius 1 is 0.903 bits per heavy atom. The lowest BCUT2D eigenvalue weighted by atomic mass is 10.1. The molecule has 0 saturated carbocycles. The van der Waals surface area contributed by atoms with Gasteiger partial charge in [-0.3, -0.25) is 9.36 Å². The lowest BCUT2D eigenvalue weighted by molar-refractivity contribution is -0.118. The van der Waals surface area contributed by atoms with E-state index in [9.17, 15) is 4.79 Å². The molecular weight excluding hydrogens is 428 g/mol.